The predicted octanol–water partition coefficient (Wildman–Crippen LogP) is 3.94. The van der Waals surface area contributed by atoms with Crippen molar-refractivity contribution in [2.75, 3.05) is 0 Å². The van der Waals surface area contributed by atoms with Gasteiger partial charge in [0.2, 0.25) is 5.92 Å². The molecule has 21 heavy (non-hydrogen) atoms. The van der Waals surface area contributed by atoms with Gasteiger partial charge >= 0.3 is 0 Å². The highest BCUT2D eigenvalue weighted by molar-refractivity contribution is 5.79. The van der Waals surface area contributed by atoms with Crippen LogP contribution >= 0.6 is 0 Å². The summed E-state index contributed by atoms with van der Waals surface area (Å²) in [4.78, 5) is 10.9. The Morgan fingerprint density at radius 1 is 1.38 bits per heavy atom. The Balaban J connectivity index is 1.82. The van der Waals surface area contributed by atoms with Crippen LogP contribution in [0.2, 0.25) is 0 Å². The molecule has 1 aliphatic rings. The van der Waals surface area contributed by atoms with Crippen molar-refractivity contribution in [2.45, 2.75) is 37.6 Å². The minimum atomic E-state index is -2.55. The van der Waals surface area contributed by atoms with Crippen LogP contribution in [0.5, 0.6) is 0 Å². The van der Waals surface area contributed by atoms with Crippen LogP contribution in [0.1, 0.15) is 37.5 Å². The number of benzene rings is 1. The van der Waals surface area contributed by atoms with Crippen LogP contribution in [0.15, 0.2) is 18.2 Å². The molecule has 1 aromatic carbocycles. The van der Waals surface area contributed by atoms with E-state index in [-0.39, 0.29) is 24.8 Å². The number of imidazole rings is 1. The lowest BCUT2D eigenvalue weighted by Crippen LogP contribution is -2.31. The second-order valence-corrected chi connectivity index (χ2v) is 5.65. The highest BCUT2D eigenvalue weighted by atomic mass is 19.3. The van der Waals surface area contributed by atoms with E-state index in [4.69, 9.17) is 12.3 Å². The van der Waals surface area contributed by atoms with Crippen LogP contribution in [0.3, 0.4) is 0 Å². The molecule has 0 unspecified atom stereocenters. The summed E-state index contributed by atoms with van der Waals surface area (Å²) in [6.45, 7) is 7.00. The second kappa shape index (κ2) is 5.08. The van der Waals surface area contributed by atoms with Gasteiger partial charge in [-0.15, -0.1) is 0 Å². The number of rotatable bonds is 2. The fourth-order valence-electron chi connectivity index (χ4n) is 2.89. The summed E-state index contributed by atoms with van der Waals surface area (Å²) in [5.41, 5.74) is 8.23. The Labute approximate surface area is 121 Å². The van der Waals surface area contributed by atoms with Gasteiger partial charge in [0.25, 0.3) is 0 Å². The lowest BCUT2D eigenvalue weighted by atomic mass is 9.82. The molecule has 6 heteroatoms. The van der Waals surface area contributed by atoms with E-state index in [9.17, 15) is 8.78 Å². The van der Waals surface area contributed by atoms with Crippen LogP contribution in [0, 0.1) is 12.5 Å². The van der Waals surface area contributed by atoms with Crippen molar-refractivity contribution in [1.29, 1.82) is 0 Å². The number of nitrogens with one attached hydrogen (secondary N) is 1. The van der Waals surface area contributed by atoms with E-state index in [2.05, 4.69) is 14.8 Å². The van der Waals surface area contributed by atoms with Gasteiger partial charge in [0.15, 0.2) is 5.69 Å². The molecule has 0 spiro atoms. The Hall–Kier alpha value is -2.00. The molecule has 3 rings (SSSR count). The number of hydrogen-bond acceptors (Lipinski definition) is 2. The summed E-state index contributed by atoms with van der Waals surface area (Å²) in [5.74, 6) is -1.91. The third-order valence-electron chi connectivity index (χ3n) is 4.20. The minimum absolute atomic E-state index is 0.0190. The lowest BCUT2D eigenvalue weighted by Gasteiger charge is -2.31. The SMILES string of the molecule is [C-]#[N+]c1ccc2nc([C@@H](N)C3CCC(F)(F)CC3)[nH]c2c1. The van der Waals surface area contributed by atoms with Crippen molar-refractivity contribution >= 4 is 16.7 Å². The van der Waals surface area contributed by atoms with E-state index in [0.717, 1.165) is 11.0 Å². The van der Waals surface area contributed by atoms with Crippen molar-refractivity contribution in [3.05, 3.63) is 35.4 Å². The first kappa shape index (κ1) is 14.0. The zero-order valence-electron chi connectivity index (χ0n) is 11.4. The molecule has 1 saturated carbocycles. The van der Waals surface area contributed by atoms with Gasteiger partial charge in [0, 0.05) is 12.8 Å². The molecule has 3 N–H and O–H groups in total. The first-order chi connectivity index (χ1) is 9.98. The van der Waals surface area contributed by atoms with E-state index in [1.807, 2.05) is 0 Å². The Morgan fingerprint density at radius 3 is 2.76 bits per heavy atom. The molecule has 1 aliphatic carbocycles. The largest absolute Gasteiger partial charge is 0.342 e. The number of halogens is 2. The molecule has 0 aliphatic heterocycles. The van der Waals surface area contributed by atoms with Crippen LogP contribution in [0.4, 0.5) is 14.5 Å². The number of aromatic amines is 1. The van der Waals surface area contributed by atoms with Crippen molar-refractivity contribution < 1.29 is 8.78 Å². The molecule has 110 valence electrons. The molecule has 1 heterocycles. The molecule has 0 saturated heterocycles. The summed E-state index contributed by atoms with van der Waals surface area (Å²) >= 11 is 0. The molecular weight excluding hydrogens is 274 g/mol. The topological polar surface area (TPSA) is 59.1 Å². The number of hydrogen-bond donors (Lipinski definition) is 2. The van der Waals surface area contributed by atoms with Gasteiger partial charge in [-0.2, -0.15) is 0 Å². The fraction of sp³-hybridized carbons (Fsp3) is 0.467. The number of nitrogens with two attached hydrogens (primary N) is 1. The van der Waals surface area contributed by atoms with Crippen LogP contribution in [0.25, 0.3) is 15.9 Å². The zero-order chi connectivity index (χ0) is 15.0. The van der Waals surface area contributed by atoms with Crippen LogP contribution in [-0.2, 0) is 0 Å². The second-order valence-electron chi connectivity index (χ2n) is 5.65. The Morgan fingerprint density at radius 2 is 2.10 bits per heavy atom. The van der Waals surface area contributed by atoms with E-state index in [0.29, 0.717) is 24.4 Å². The van der Waals surface area contributed by atoms with Gasteiger partial charge in [0.05, 0.1) is 23.6 Å². The third-order valence-corrected chi connectivity index (χ3v) is 4.20. The lowest BCUT2D eigenvalue weighted by molar-refractivity contribution is -0.0486. The summed E-state index contributed by atoms with van der Waals surface area (Å²) < 4.78 is 26.4. The zero-order valence-corrected chi connectivity index (χ0v) is 11.4. The number of fused-ring (bicyclic) bond motifs is 1. The summed E-state index contributed by atoms with van der Waals surface area (Å²) in [7, 11) is 0. The molecule has 4 nitrogen and oxygen atoms in total. The Bertz CT molecular complexity index is 691. The van der Waals surface area contributed by atoms with Crippen molar-refractivity contribution in [3.63, 3.8) is 0 Å². The first-order valence-electron chi connectivity index (χ1n) is 6.99. The number of H-pyrrole nitrogens is 1. The van der Waals surface area contributed by atoms with Crippen LogP contribution < -0.4 is 5.73 Å². The maximum absolute atomic E-state index is 13.2. The smallest absolute Gasteiger partial charge is 0.248 e. The highest BCUT2D eigenvalue weighted by Gasteiger charge is 2.37. The number of aromatic nitrogens is 2. The fourth-order valence-corrected chi connectivity index (χ4v) is 2.89. The van der Waals surface area contributed by atoms with Gasteiger partial charge in [-0.1, -0.05) is 6.07 Å². The minimum Gasteiger partial charge on any atom is -0.342 e. The van der Waals surface area contributed by atoms with Gasteiger partial charge in [-0.05, 0) is 30.9 Å². The van der Waals surface area contributed by atoms with Gasteiger partial charge in [-0.3, -0.25) is 0 Å². The average molecular weight is 290 g/mol. The van der Waals surface area contributed by atoms with Gasteiger partial charge in [0.1, 0.15) is 5.82 Å². The molecule has 0 amide bonds. The summed E-state index contributed by atoms with van der Waals surface area (Å²) in [5, 5.41) is 0. The highest BCUT2D eigenvalue weighted by Crippen LogP contribution is 2.40. The maximum atomic E-state index is 13.2. The molecule has 0 bridgehead atoms. The first-order valence-corrected chi connectivity index (χ1v) is 6.99. The standard InChI is InChI=1S/C15H16F2N4/c1-19-10-2-3-11-12(8-10)21-14(20-11)13(18)9-4-6-15(16,17)7-5-9/h2-3,8-9,13H,4-7,18H2,(H,20,21)/t13-/m0/s1. The van der Waals surface area contributed by atoms with Crippen LogP contribution in [-0.4, -0.2) is 15.9 Å². The number of alkyl halides is 2. The molecule has 0 radical (unpaired) electrons. The molecule has 1 aromatic heterocycles. The molecule has 1 fully saturated rings. The number of nitrogens with zero attached hydrogens (tertiary/aromatic N) is 2. The average Bonchev–Trinajstić information content (AvgIpc) is 2.89. The van der Waals surface area contributed by atoms with Crippen molar-refractivity contribution in [3.8, 4) is 0 Å². The van der Waals surface area contributed by atoms with E-state index in [1.54, 1.807) is 18.2 Å². The van der Waals surface area contributed by atoms with E-state index < -0.39 is 5.92 Å². The van der Waals surface area contributed by atoms with Crippen molar-refractivity contribution in [2.24, 2.45) is 11.7 Å². The van der Waals surface area contributed by atoms with Gasteiger partial charge in [-0.25, -0.2) is 18.6 Å². The summed E-state index contributed by atoms with van der Waals surface area (Å²) in [6.07, 6.45) is 0.623. The molecule has 2 aromatic rings. The predicted molar refractivity (Wildman–Crippen MR) is 76.2 cm³/mol. The monoisotopic (exact) mass is 290 g/mol. The van der Waals surface area contributed by atoms with E-state index >= 15 is 0 Å². The normalized spacial score (nSPS) is 20.3. The third kappa shape index (κ3) is 2.74. The molecule has 1 atom stereocenters. The quantitative estimate of drug-likeness (QED) is 0.823. The van der Waals surface area contributed by atoms with E-state index in [1.165, 1.54) is 0 Å². The maximum Gasteiger partial charge on any atom is 0.248 e. The Kier molecular flexibility index (Phi) is 3.38. The van der Waals surface area contributed by atoms with Crippen molar-refractivity contribution in [1.82, 2.24) is 9.97 Å². The van der Waals surface area contributed by atoms with Gasteiger partial charge < -0.3 is 10.7 Å². The molecular formula is C15H16F2N4. The summed E-state index contributed by atoms with van der Waals surface area (Å²) in [6, 6.07) is 4.82.